The zero-order chi connectivity index (χ0) is 15.0. The number of anilines is 1. The molecule has 0 fully saturated rings. The quantitative estimate of drug-likeness (QED) is 0.790. The molecule has 0 aliphatic carbocycles. The Morgan fingerprint density at radius 3 is 2.86 bits per heavy atom. The van der Waals surface area contributed by atoms with Gasteiger partial charge in [0.05, 0.1) is 5.69 Å². The molecule has 0 saturated heterocycles. The summed E-state index contributed by atoms with van der Waals surface area (Å²) < 4.78 is 1.73. The highest BCUT2D eigenvalue weighted by Crippen LogP contribution is 2.18. The van der Waals surface area contributed by atoms with E-state index in [1.165, 1.54) is 0 Å². The lowest BCUT2D eigenvalue weighted by molar-refractivity contribution is 0.102. The number of rotatable bonds is 2. The molecule has 3 heterocycles. The van der Waals surface area contributed by atoms with E-state index in [0.717, 1.165) is 5.69 Å². The molecule has 3 aromatic rings. The second kappa shape index (κ2) is 5.18. The van der Waals surface area contributed by atoms with E-state index < -0.39 is 0 Å². The van der Waals surface area contributed by atoms with Crippen LogP contribution in [0.2, 0.25) is 5.02 Å². The van der Waals surface area contributed by atoms with Crippen LogP contribution in [0.3, 0.4) is 0 Å². The van der Waals surface area contributed by atoms with Gasteiger partial charge < -0.3 is 5.32 Å². The van der Waals surface area contributed by atoms with E-state index in [0.29, 0.717) is 27.7 Å². The molecule has 0 bridgehead atoms. The van der Waals surface area contributed by atoms with Crippen molar-refractivity contribution in [3.8, 4) is 0 Å². The van der Waals surface area contributed by atoms with Gasteiger partial charge in [-0.2, -0.15) is 0 Å². The Morgan fingerprint density at radius 2 is 2.10 bits per heavy atom. The van der Waals surface area contributed by atoms with Gasteiger partial charge >= 0.3 is 0 Å². The molecule has 3 rings (SSSR count). The van der Waals surface area contributed by atoms with Crippen LogP contribution in [-0.4, -0.2) is 20.3 Å². The van der Waals surface area contributed by atoms with Gasteiger partial charge in [-0.25, -0.2) is 4.98 Å². The number of aryl methyl sites for hydroxylation is 2. The predicted molar refractivity (Wildman–Crippen MR) is 81.9 cm³/mol. The maximum Gasteiger partial charge on any atom is 0.274 e. The highest BCUT2D eigenvalue weighted by Gasteiger charge is 2.16. The molecule has 0 aliphatic heterocycles. The van der Waals surface area contributed by atoms with E-state index in [2.05, 4.69) is 15.3 Å². The summed E-state index contributed by atoms with van der Waals surface area (Å²) in [5, 5.41) is 3.45. The zero-order valence-electron chi connectivity index (χ0n) is 11.6. The molecular formula is C15H13ClN4O. The molecule has 5 nitrogen and oxygen atoms in total. The number of hydrogen-bond acceptors (Lipinski definition) is 3. The number of fused-ring (bicyclic) bond motifs is 1. The van der Waals surface area contributed by atoms with Crippen LogP contribution in [0.25, 0.3) is 5.65 Å². The first kappa shape index (κ1) is 13.6. The Kier molecular flexibility index (Phi) is 3.35. The summed E-state index contributed by atoms with van der Waals surface area (Å²) in [7, 11) is 0. The smallest absolute Gasteiger partial charge is 0.274 e. The fraction of sp³-hybridized carbons (Fsp3) is 0.133. The Labute approximate surface area is 126 Å². The number of halogens is 1. The van der Waals surface area contributed by atoms with Crippen LogP contribution in [0.1, 0.15) is 21.9 Å². The van der Waals surface area contributed by atoms with E-state index in [-0.39, 0.29) is 5.91 Å². The van der Waals surface area contributed by atoms with Crippen molar-refractivity contribution in [3.63, 3.8) is 0 Å². The molecule has 0 saturated carbocycles. The average molecular weight is 301 g/mol. The van der Waals surface area contributed by atoms with Crippen LogP contribution in [0.4, 0.5) is 5.69 Å². The summed E-state index contributed by atoms with van der Waals surface area (Å²) in [6, 6.07) is 7.01. The zero-order valence-corrected chi connectivity index (χ0v) is 12.3. The summed E-state index contributed by atoms with van der Waals surface area (Å²) in [4.78, 5) is 20.9. The number of aromatic nitrogens is 3. The SMILES string of the molecule is Cc1cc(NC(=O)c2c(C)nc3cc(Cl)ccn23)ccn1. The number of carbonyl (C=O) groups is 1. The highest BCUT2D eigenvalue weighted by molar-refractivity contribution is 6.30. The van der Waals surface area contributed by atoms with Crippen molar-refractivity contribution in [2.75, 3.05) is 5.32 Å². The molecular weight excluding hydrogens is 288 g/mol. The number of hydrogen-bond donors (Lipinski definition) is 1. The van der Waals surface area contributed by atoms with Crippen LogP contribution in [0.5, 0.6) is 0 Å². The Hall–Kier alpha value is -2.40. The van der Waals surface area contributed by atoms with Gasteiger partial charge in [0.15, 0.2) is 0 Å². The van der Waals surface area contributed by atoms with Gasteiger partial charge in [0.1, 0.15) is 11.3 Å². The van der Waals surface area contributed by atoms with E-state index >= 15 is 0 Å². The number of carbonyl (C=O) groups excluding carboxylic acids is 1. The molecule has 0 spiro atoms. The largest absolute Gasteiger partial charge is 0.321 e. The molecule has 0 aliphatic rings. The number of amides is 1. The van der Waals surface area contributed by atoms with E-state index in [1.807, 2.05) is 13.0 Å². The molecule has 0 unspecified atom stereocenters. The van der Waals surface area contributed by atoms with Crippen LogP contribution in [0.15, 0.2) is 36.7 Å². The molecule has 21 heavy (non-hydrogen) atoms. The minimum absolute atomic E-state index is 0.215. The van der Waals surface area contributed by atoms with Crippen molar-refractivity contribution < 1.29 is 4.79 Å². The van der Waals surface area contributed by atoms with Crippen LogP contribution in [0, 0.1) is 13.8 Å². The van der Waals surface area contributed by atoms with Gasteiger partial charge in [-0.1, -0.05) is 11.6 Å². The van der Waals surface area contributed by atoms with E-state index in [1.54, 1.807) is 41.9 Å². The molecule has 106 valence electrons. The summed E-state index contributed by atoms with van der Waals surface area (Å²) in [6.45, 7) is 3.67. The van der Waals surface area contributed by atoms with Gasteiger partial charge in [-0.15, -0.1) is 0 Å². The maximum absolute atomic E-state index is 12.5. The van der Waals surface area contributed by atoms with Gasteiger partial charge in [0.25, 0.3) is 5.91 Å². The summed E-state index contributed by atoms with van der Waals surface area (Å²) in [5.74, 6) is -0.215. The van der Waals surface area contributed by atoms with Crippen molar-refractivity contribution in [3.05, 3.63) is 58.8 Å². The Bertz CT molecular complexity index is 841. The first-order valence-corrected chi connectivity index (χ1v) is 6.80. The van der Waals surface area contributed by atoms with Crippen molar-refractivity contribution in [1.82, 2.24) is 14.4 Å². The van der Waals surface area contributed by atoms with E-state index in [9.17, 15) is 4.79 Å². The third-order valence-corrected chi connectivity index (χ3v) is 3.37. The normalized spacial score (nSPS) is 10.8. The number of imidazole rings is 1. The topological polar surface area (TPSA) is 59.3 Å². The molecule has 1 amide bonds. The van der Waals surface area contributed by atoms with Gasteiger partial charge in [0, 0.05) is 34.9 Å². The Morgan fingerprint density at radius 1 is 1.29 bits per heavy atom. The molecule has 0 atom stereocenters. The minimum Gasteiger partial charge on any atom is -0.321 e. The lowest BCUT2D eigenvalue weighted by Gasteiger charge is -2.06. The second-order valence-corrected chi connectivity index (χ2v) is 5.20. The third-order valence-electron chi connectivity index (χ3n) is 3.13. The minimum atomic E-state index is -0.215. The van der Waals surface area contributed by atoms with Crippen LogP contribution in [-0.2, 0) is 0 Å². The second-order valence-electron chi connectivity index (χ2n) is 4.76. The van der Waals surface area contributed by atoms with Crippen LogP contribution >= 0.6 is 11.6 Å². The molecule has 0 radical (unpaired) electrons. The van der Waals surface area contributed by atoms with Crippen molar-refractivity contribution in [2.24, 2.45) is 0 Å². The standard InChI is InChI=1S/C15H13ClN4O/c1-9-7-12(3-5-17-9)19-15(21)14-10(2)18-13-8-11(16)4-6-20(13)14/h3-8H,1-2H3,(H,17,19,21). The lowest BCUT2D eigenvalue weighted by Crippen LogP contribution is -2.15. The molecule has 1 N–H and O–H groups in total. The monoisotopic (exact) mass is 300 g/mol. The van der Waals surface area contributed by atoms with Gasteiger partial charge in [-0.3, -0.25) is 14.2 Å². The predicted octanol–water partition coefficient (Wildman–Crippen LogP) is 3.25. The third kappa shape index (κ3) is 2.60. The van der Waals surface area contributed by atoms with Gasteiger partial charge in [0.2, 0.25) is 0 Å². The summed E-state index contributed by atoms with van der Waals surface area (Å²) in [5.41, 5.74) is 3.35. The van der Waals surface area contributed by atoms with Crippen molar-refractivity contribution in [1.29, 1.82) is 0 Å². The Balaban J connectivity index is 2.00. The number of nitrogens with zero attached hydrogens (tertiary/aromatic N) is 3. The molecule has 3 aromatic heterocycles. The van der Waals surface area contributed by atoms with Gasteiger partial charge in [-0.05, 0) is 32.0 Å². The highest BCUT2D eigenvalue weighted by atomic mass is 35.5. The van der Waals surface area contributed by atoms with Crippen molar-refractivity contribution >= 4 is 28.8 Å². The van der Waals surface area contributed by atoms with Crippen molar-refractivity contribution in [2.45, 2.75) is 13.8 Å². The summed E-state index contributed by atoms with van der Waals surface area (Å²) in [6.07, 6.45) is 3.40. The fourth-order valence-corrected chi connectivity index (χ4v) is 2.38. The average Bonchev–Trinajstić information content (AvgIpc) is 2.73. The fourth-order valence-electron chi connectivity index (χ4n) is 2.22. The molecule has 0 aromatic carbocycles. The van der Waals surface area contributed by atoms with Crippen LogP contribution < -0.4 is 5.32 Å². The first-order valence-electron chi connectivity index (χ1n) is 6.43. The summed E-state index contributed by atoms with van der Waals surface area (Å²) >= 11 is 5.95. The van der Waals surface area contributed by atoms with E-state index in [4.69, 9.17) is 11.6 Å². The maximum atomic E-state index is 12.5. The number of nitrogens with one attached hydrogen (secondary N) is 1. The number of pyridine rings is 2. The lowest BCUT2D eigenvalue weighted by atomic mass is 10.3. The molecule has 6 heteroatoms. The first-order chi connectivity index (χ1) is 10.0.